The van der Waals surface area contributed by atoms with Gasteiger partial charge in [-0.25, -0.2) is 9.48 Å². The number of aromatic nitrogens is 4. The minimum absolute atomic E-state index is 0.0625. The summed E-state index contributed by atoms with van der Waals surface area (Å²) >= 11 is 0. The number of anilines is 2. The number of carbonyl (C=O) groups excluding carboxylic acids is 3. The van der Waals surface area contributed by atoms with Gasteiger partial charge in [-0.1, -0.05) is 6.92 Å². The van der Waals surface area contributed by atoms with Gasteiger partial charge in [-0.3, -0.25) is 9.59 Å². The van der Waals surface area contributed by atoms with Crippen molar-refractivity contribution in [1.29, 1.82) is 0 Å². The van der Waals surface area contributed by atoms with Crippen molar-refractivity contribution in [3.8, 4) is 5.75 Å². The summed E-state index contributed by atoms with van der Waals surface area (Å²) in [5.74, 6) is -0.930. The number of rotatable bonds is 8. The number of hydrogen-bond donors (Lipinski definition) is 3. The molecule has 3 N–H and O–H groups in total. The molecule has 0 fully saturated rings. The molecule has 43 heavy (non-hydrogen) atoms. The number of benzene rings is 2. The molecule has 230 valence electrons. The van der Waals surface area contributed by atoms with Crippen molar-refractivity contribution in [3.63, 3.8) is 0 Å². The van der Waals surface area contributed by atoms with Gasteiger partial charge in [0.2, 0.25) is 5.91 Å². The number of halogens is 3. The Labute approximate surface area is 244 Å². The topological polar surface area (TPSA) is 155 Å². The summed E-state index contributed by atoms with van der Waals surface area (Å²) in [5.41, 5.74) is -0.177. The second-order valence-corrected chi connectivity index (χ2v) is 10.3. The molecular weight excluding hydrogens is 573 g/mol. The molecule has 0 spiro atoms. The largest absolute Gasteiger partial charge is 0.487 e. The number of ether oxygens (including phenoxy) is 1. The fourth-order valence-electron chi connectivity index (χ4n) is 4.43. The zero-order valence-electron chi connectivity index (χ0n) is 23.6. The Kier molecular flexibility index (Phi) is 9.48. The number of amides is 4. The van der Waals surface area contributed by atoms with E-state index < -0.39 is 41.7 Å². The summed E-state index contributed by atoms with van der Waals surface area (Å²) in [6.07, 6.45) is -3.83. The van der Waals surface area contributed by atoms with E-state index in [0.717, 1.165) is 12.1 Å². The van der Waals surface area contributed by atoms with E-state index in [1.807, 2.05) is 6.92 Å². The number of aliphatic hydroxyl groups is 1. The monoisotopic (exact) mass is 604 g/mol. The van der Waals surface area contributed by atoms with E-state index >= 15 is 0 Å². The van der Waals surface area contributed by atoms with Gasteiger partial charge in [-0.2, -0.15) is 13.2 Å². The van der Waals surface area contributed by atoms with Crippen molar-refractivity contribution in [2.75, 3.05) is 37.4 Å². The summed E-state index contributed by atoms with van der Waals surface area (Å²) in [6, 6.07) is 7.54. The highest BCUT2D eigenvalue weighted by atomic mass is 19.4. The molecule has 1 aliphatic heterocycles. The Hall–Kier alpha value is -4.73. The van der Waals surface area contributed by atoms with Gasteiger partial charge in [-0.15, -0.1) is 5.10 Å². The third-order valence-electron chi connectivity index (χ3n) is 6.91. The van der Waals surface area contributed by atoms with Gasteiger partial charge in [0.25, 0.3) is 5.91 Å². The highest BCUT2D eigenvalue weighted by Gasteiger charge is 2.34. The van der Waals surface area contributed by atoms with E-state index in [9.17, 15) is 32.7 Å². The van der Waals surface area contributed by atoms with Crippen molar-refractivity contribution in [3.05, 3.63) is 59.9 Å². The van der Waals surface area contributed by atoms with Gasteiger partial charge in [0.1, 0.15) is 24.7 Å². The summed E-state index contributed by atoms with van der Waals surface area (Å²) in [7, 11) is 1.51. The number of nitrogens with one attached hydrogen (secondary N) is 2. The number of likely N-dealkylation sites (N-methyl/N-ethyl adjacent to an activating group) is 1. The van der Waals surface area contributed by atoms with Crippen LogP contribution in [-0.2, 0) is 17.5 Å². The molecule has 0 saturated heterocycles. The Bertz CT molecular complexity index is 1440. The van der Waals surface area contributed by atoms with Crippen LogP contribution < -0.4 is 15.4 Å². The highest BCUT2D eigenvalue weighted by Crippen LogP contribution is 2.32. The lowest BCUT2D eigenvalue weighted by molar-refractivity contribution is -0.137. The molecule has 3 unspecified atom stereocenters. The summed E-state index contributed by atoms with van der Waals surface area (Å²) in [5, 5.41) is 25.7. The number of aliphatic hydroxyl groups excluding tert-OH is 1. The Morgan fingerprint density at radius 1 is 1.16 bits per heavy atom. The number of hydrogen-bond acceptors (Lipinski definition) is 8. The van der Waals surface area contributed by atoms with Crippen molar-refractivity contribution in [2.45, 2.75) is 38.7 Å². The maximum Gasteiger partial charge on any atom is 0.416 e. The first-order valence-electron chi connectivity index (χ1n) is 13.3. The third-order valence-corrected chi connectivity index (χ3v) is 6.91. The maximum absolute atomic E-state index is 13.6. The Morgan fingerprint density at radius 3 is 2.49 bits per heavy atom. The van der Waals surface area contributed by atoms with Crippen LogP contribution in [0.1, 0.15) is 29.8 Å². The third kappa shape index (κ3) is 7.77. The standard InChI is InChI=1S/C27H31F3N8O5/c1-16-11-38(17(2)14-39)25(41)21-10-20(32-24(40)13-37-15-31-34-35-37)8-9-22(21)43-23(16)12-36(3)26(42)33-19-6-4-18(5-7-19)27(28,29)30/h4-10,15-17,23,39H,11-14H2,1-3H3,(H,32,40)(H,33,42). The van der Waals surface area contributed by atoms with E-state index in [-0.39, 0.29) is 49.2 Å². The number of carbonyl (C=O) groups is 3. The number of alkyl halides is 3. The maximum atomic E-state index is 13.6. The van der Waals surface area contributed by atoms with E-state index in [1.165, 1.54) is 52.1 Å². The van der Waals surface area contributed by atoms with Crippen LogP contribution in [-0.4, -0.2) is 91.8 Å². The van der Waals surface area contributed by atoms with Crippen LogP contribution in [0.25, 0.3) is 0 Å². The van der Waals surface area contributed by atoms with E-state index in [0.29, 0.717) is 5.69 Å². The van der Waals surface area contributed by atoms with Crippen LogP contribution in [0, 0.1) is 5.92 Å². The van der Waals surface area contributed by atoms with Gasteiger partial charge in [0, 0.05) is 30.9 Å². The lowest BCUT2D eigenvalue weighted by Crippen LogP contribution is -2.50. The van der Waals surface area contributed by atoms with Crippen molar-refractivity contribution >= 4 is 29.2 Å². The highest BCUT2D eigenvalue weighted by molar-refractivity contribution is 6.00. The number of urea groups is 1. The Balaban J connectivity index is 1.52. The molecule has 4 amide bonds. The summed E-state index contributed by atoms with van der Waals surface area (Å²) in [4.78, 5) is 41.8. The van der Waals surface area contributed by atoms with E-state index in [2.05, 4.69) is 26.2 Å². The molecule has 16 heteroatoms. The average Bonchev–Trinajstić information content (AvgIpc) is 3.47. The molecule has 4 rings (SSSR count). The molecule has 13 nitrogen and oxygen atoms in total. The summed E-state index contributed by atoms with van der Waals surface area (Å²) in [6.45, 7) is 3.35. The normalized spacial score (nSPS) is 17.7. The first-order chi connectivity index (χ1) is 20.3. The number of nitrogens with zero attached hydrogens (tertiary/aromatic N) is 6. The van der Waals surface area contributed by atoms with E-state index in [4.69, 9.17) is 4.74 Å². The lowest BCUT2D eigenvalue weighted by atomic mass is 9.99. The molecule has 0 radical (unpaired) electrons. The molecule has 2 heterocycles. The molecule has 0 saturated carbocycles. The Morgan fingerprint density at radius 2 is 1.86 bits per heavy atom. The molecule has 1 aromatic heterocycles. The van der Waals surface area contributed by atoms with Gasteiger partial charge < -0.3 is 30.3 Å². The fraction of sp³-hybridized carbons (Fsp3) is 0.407. The molecular formula is C27H31F3N8O5. The van der Waals surface area contributed by atoms with Gasteiger partial charge in [0.15, 0.2) is 0 Å². The van der Waals surface area contributed by atoms with Gasteiger partial charge >= 0.3 is 12.2 Å². The molecule has 2 aromatic carbocycles. The van der Waals surface area contributed by atoms with Gasteiger partial charge in [-0.05, 0) is 59.8 Å². The molecule has 0 aliphatic carbocycles. The second-order valence-electron chi connectivity index (χ2n) is 10.3. The van der Waals surface area contributed by atoms with E-state index in [1.54, 1.807) is 13.0 Å². The number of tetrazole rings is 1. The van der Waals surface area contributed by atoms with Crippen molar-refractivity contribution in [1.82, 2.24) is 30.0 Å². The fourth-order valence-corrected chi connectivity index (χ4v) is 4.43. The molecule has 0 bridgehead atoms. The number of fused-ring (bicyclic) bond motifs is 1. The SMILES string of the molecule is CC1CN(C(C)CO)C(=O)c2cc(NC(=O)Cn3cnnn3)ccc2OC1CN(C)C(=O)Nc1ccc(C(F)(F)F)cc1. The van der Waals surface area contributed by atoms with Crippen LogP contribution in [0.5, 0.6) is 5.75 Å². The second kappa shape index (κ2) is 13.1. The van der Waals surface area contributed by atoms with Crippen LogP contribution in [0.3, 0.4) is 0 Å². The zero-order valence-corrected chi connectivity index (χ0v) is 23.6. The molecule has 1 aliphatic rings. The lowest BCUT2D eigenvalue weighted by Gasteiger charge is -2.38. The predicted octanol–water partition coefficient (Wildman–Crippen LogP) is 2.71. The van der Waals surface area contributed by atoms with Crippen LogP contribution in [0.2, 0.25) is 0 Å². The van der Waals surface area contributed by atoms with Crippen molar-refractivity contribution in [2.24, 2.45) is 5.92 Å². The minimum Gasteiger partial charge on any atom is -0.487 e. The van der Waals surface area contributed by atoms with Crippen LogP contribution in [0.4, 0.5) is 29.3 Å². The quantitative estimate of drug-likeness (QED) is 0.355. The molecule has 3 aromatic rings. The van der Waals surface area contributed by atoms with Crippen molar-refractivity contribution < 1.29 is 37.4 Å². The molecule has 3 atom stereocenters. The smallest absolute Gasteiger partial charge is 0.416 e. The zero-order chi connectivity index (χ0) is 31.3. The van der Waals surface area contributed by atoms with Gasteiger partial charge in [0.05, 0.1) is 30.3 Å². The first kappa shape index (κ1) is 31.2. The van der Waals surface area contributed by atoms with Crippen LogP contribution >= 0.6 is 0 Å². The summed E-state index contributed by atoms with van der Waals surface area (Å²) < 4.78 is 46.1. The van der Waals surface area contributed by atoms with Crippen LogP contribution in [0.15, 0.2) is 48.8 Å². The predicted molar refractivity (Wildman–Crippen MR) is 147 cm³/mol. The average molecular weight is 605 g/mol. The minimum atomic E-state index is -4.49. The first-order valence-corrected chi connectivity index (χ1v) is 13.3.